The van der Waals surface area contributed by atoms with E-state index < -0.39 is 0 Å². The first kappa shape index (κ1) is 16.5. The van der Waals surface area contributed by atoms with E-state index in [-0.39, 0.29) is 11.5 Å². The van der Waals surface area contributed by atoms with Gasteiger partial charge < -0.3 is 10.3 Å². The summed E-state index contributed by atoms with van der Waals surface area (Å²) < 4.78 is 5.42. The molecule has 1 aliphatic carbocycles. The molecular weight excluding hydrogens is 262 g/mol. The van der Waals surface area contributed by atoms with Crippen LogP contribution in [0, 0.1) is 11.3 Å². The summed E-state index contributed by atoms with van der Waals surface area (Å²) in [5.74, 6) is 3.00. The van der Waals surface area contributed by atoms with E-state index in [1.165, 1.54) is 32.1 Å². The van der Waals surface area contributed by atoms with E-state index in [9.17, 15) is 0 Å². The lowest BCUT2D eigenvalue weighted by molar-refractivity contribution is 0.298. The molecule has 1 unspecified atom stereocenters. The Hall–Kier alpha value is -0.900. The number of hydrogen-bond acceptors (Lipinski definition) is 4. The maximum Gasteiger partial charge on any atom is 0.228 e. The molecule has 0 bridgehead atoms. The van der Waals surface area contributed by atoms with Crippen molar-refractivity contribution in [3.63, 3.8) is 0 Å². The van der Waals surface area contributed by atoms with Crippen LogP contribution in [0.5, 0.6) is 0 Å². The molecular formula is C17H31N3O. The van der Waals surface area contributed by atoms with Crippen molar-refractivity contribution in [2.45, 2.75) is 84.6 Å². The Labute approximate surface area is 128 Å². The predicted molar refractivity (Wildman–Crippen MR) is 85.0 cm³/mol. The van der Waals surface area contributed by atoms with Gasteiger partial charge in [0.05, 0.1) is 0 Å². The lowest BCUT2D eigenvalue weighted by Gasteiger charge is -2.25. The molecule has 4 heteroatoms. The molecule has 2 N–H and O–H groups in total. The Morgan fingerprint density at radius 1 is 1.24 bits per heavy atom. The van der Waals surface area contributed by atoms with Crippen LogP contribution in [0.15, 0.2) is 4.52 Å². The van der Waals surface area contributed by atoms with Gasteiger partial charge >= 0.3 is 0 Å². The van der Waals surface area contributed by atoms with Gasteiger partial charge in [-0.3, -0.25) is 0 Å². The monoisotopic (exact) mass is 293 g/mol. The highest BCUT2D eigenvalue weighted by Crippen LogP contribution is 2.35. The summed E-state index contributed by atoms with van der Waals surface area (Å²) in [6.45, 7) is 8.91. The molecule has 2 rings (SSSR count). The Kier molecular flexibility index (Phi) is 5.42. The summed E-state index contributed by atoms with van der Waals surface area (Å²) >= 11 is 0. The van der Waals surface area contributed by atoms with Crippen LogP contribution in [0.1, 0.15) is 83.9 Å². The van der Waals surface area contributed by atoms with Gasteiger partial charge in [0.2, 0.25) is 5.89 Å². The fraction of sp³-hybridized carbons (Fsp3) is 0.882. The third kappa shape index (κ3) is 5.10. The number of rotatable bonds is 5. The Morgan fingerprint density at radius 2 is 1.90 bits per heavy atom. The van der Waals surface area contributed by atoms with Crippen LogP contribution in [-0.2, 0) is 6.42 Å². The third-order valence-corrected chi connectivity index (χ3v) is 4.58. The van der Waals surface area contributed by atoms with Gasteiger partial charge in [0.15, 0.2) is 5.82 Å². The van der Waals surface area contributed by atoms with Crippen LogP contribution in [0.3, 0.4) is 0 Å². The van der Waals surface area contributed by atoms with Crippen LogP contribution in [0.2, 0.25) is 0 Å². The highest BCUT2D eigenvalue weighted by molar-refractivity contribution is 4.98. The number of nitrogens with two attached hydrogens (primary N) is 1. The zero-order chi connectivity index (χ0) is 15.5. The largest absolute Gasteiger partial charge is 0.339 e. The molecule has 0 saturated heterocycles. The normalized spacial score (nSPS) is 25.0. The van der Waals surface area contributed by atoms with E-state index in [0.29, 0.717) is 18.2 Å². The minimum atomic E-state index is 0.0918. The summed E-state index contributed by atoms with van der Waals surface area (Å²) in [6.07, 6.45) is 7.95. The number of nitrogens with zero attached hydrogens (tertiary/aromatic N) is 2. The van der Waals surface area contributed by atoms with Crippen molar-refractivity contribution < 1.29 is 4.52 Å². The SMILES string of the molecule is CCC1CCC(c2noc(CC(N)CC(C)(C)C)n2)CC1. The molecule has 21 heavy (non-hydrogen) atoms. The molecule has 1 atom stereocenters. The minimum Gasteiger partial charge on any atom is -0.339 e. The van der Waals surface area contributed by atoms with Crippen molar-refractivity contribution in [1.29, 1.82) is 0 Å². The van der Waals surface area contributed by atoms with E-state index in [2.05, 4.69) is 37.8 Å². The molecule has 1 saturated carbocycles. The number of aromatic nitrogens is 2. The molecule has 1 aromatic heterocycles. The predicted octanol–water partition coefficient (Wildman–Crippen LogP) is 4.06. The van der Waals surface area contributed by atoms with E-state index in [1.54, 1.807) is 0 Å². The topological polar surface area (TPSA) is 64.9 Å². The minimum absolute atomic E-state index is 0.0918. The van der Waals surface area contributed by atoms with Crippen molar-refractivity contribution in [2.75, 3.05) is 0 Å². The molecule has 0 aliphatic heterocycles. The lowest BCUT2D eigenvalue weighted by atomic mass is 9.80. The van der Waals surface area contributed by atoms with Crippen molar-refractivity contribution >= 4 is 0 Å². The molecule has 120 valence electrons. The van der Waals surface area contributed by atoms with Crippen molar-refractivity contribution in [3.8, 4) is 0 Å². The van der Waals surface area contributed by atoms with Crippen molar-refractivity contribution in [3.05, 3.63) is 11.7 Å². The standard InChI is InChI=1S/C17H31N3O/c1-5-12-6-8-13(9-7-12)16-19-15(21-20-16)10-14(18)11-17(2,3)4/h12-14H,5-11,18H2,1-4H3. The molecule has 4 nitrogen and oxygen atoms in total. The highest BCUT2D eigenvalue weighted by Gasteiger charge is 2.25. The van der Waals surface area contributed by atoms with E-state index in [1.807, 2.05) is 0 Å². The van der Waals surface area contributed by atoms with Crippen LogP contribution in [0.25, 0.3) is 0 Å². The first-order chi connectivity index (χ1) is 9.87. The summed E-state index contributed by atoms with van der Waals surface area (Å²) in [5, 5.41) is 4.20. The van der Waals surface area contributed by atoms with E-state index >= 15 is 0 Å². The smallest absolute Gasteiger partial charge is 0.228 e. The zero-order valence-electron chi connectivity index (χ0n) is 14.1. The number of hydrogen-bond donors (Lipinski definition) is 1. The lowest BCUT2D eigenvalue weighted by Crippen LogP contribution is -2.28. The van der Waals surface area contributed by atoms with Crippen molar-refractivity contribution in [1.82, 2.24) is 10.1 Å². The second-order valence-corrected chi connectivity index (χ2v) is 7.90. The van der Waals surface area contributed by atoms with E-state index in [0.717, 1.165) is 18.2 Å². The average Bonchev–Trinajstić information content (AvgIpc) is 2.85. The van der Waals surface area contributed by atoms with Gasteiger partial charge in [-0.1, -0.05) is 39.3 Å². The van der Waals surface area contributed by atoms with Crippen LogP contribution in [-0.4, -0.2) is 16.2 Å². The van der Waals surface area contributed by atoms with Gasteiger partial charge in [-0.2, -0.15) is 4.98 Å². The first-order valence-corrected chi connectivity index (χ1v) is 8.45. The van der Waals surface area contributed by atoms with Gasteiger partial charge in [-0.15, -0.1) is 0 Å². The molecule has 1 fully saturated rings. The molecule has 0 spiro atoms. The first-order valence-electron chi connectivity index (χ1n) is 8.45. The molecule has 1 aromatic rings. The molecule has 1 heterocycles. The maximum atomic E-state index is 6.19. The van der Waals surface area contributed by atoms with E-state index in [4.69, 9.17) is 10.3 Å². The van der Waals surface area contributed by atoms with Gasteiger partial charge in [0.25, 0.3) is 0 Å². The highest BCUT2D eigenvalue weighted by atomic mass is 16.5. The van der Waals surface area contributed by atoms with Gasteiger partial charge in [-0.25, -0.2) is 0 Å². The summed E-state index contributed by atoms with van der Waals surface area (Å²) in [7, 11) is 0. The van der Waals surface area contributed by atoms with Crippen LogP contribution >= 0.6 is 0 Å². The third-order valence-electron chi connectivity index (χ3n) is 4.58. The zero-order valence-corrected chi connectivity index (χ0v) is 14.1. The maximum absolute atomic E-state index is 6.19. The molecule has 1 aliphatic rings. The molecule has 0 radical (unpaired) electrons. The second kappa shape index (κ2) is 6.91. The van der Waals surface area contributed by atoms with Crippen molar-refractivity contribution in [2.24, 2.45) is 17.1 Å². The Balaban J connectivity index is 1.87. The molecule has 0 aromatic carbocycles. The van der Waals surface area contributed by atoms with Gasteiger partial charge in [0.1, 0.15) is 0 Å². The summed E-state index contributed by atoms with van der Waals surface area (Å²) in [6, 6.07) is 0.0918. The average molecular weight is 293 g/mol. The fourth-order valence-electron chi connectivity index (χ4n) is 3.43. The fourth-order valence-corrected chi connectivity index (χ4v) is 3.43. The molecule has 0 amide bonds. The summed E-state index contributed by atoms with van der Waals surface area (Å²) in [5.41, 5.74) is 6.42. The van der Waals surface area contributed by atoms with Crippen LogP contribution in [0.4, 0.5) is 0 Å². The van der Waals surface area contributed by atoms with Gasteiger partial charge in [-0.05, 0) is 43.4 Å². The Bertz CT molecular complexity index is 427. The Morgan fingerprint density at radius 3 is 2.48 bits per heavy atom. The van der Waals surface area contributed by atoms with Crippen LogP contribution < -0.4 is 5.73 Å². The van der Waals surface area contributed by atoms with Gasteiger partial charge in [0, 0.05) is 18.4 Å². The second-order valence-electron chi connectivity index (χ2n) is 7.90. The quantitative estimate of drug-likeness (QED) is 0.889. The summed E-state index contributed by atoms with van der Waals surface area (Å²) in [4.78, 5) is 4.60.